The summed E-state index contributed by atoms with van der Waals surface area (Å²) in [6.45, 7) is 1.72. The zero-order valence-electron chi connectivity index (χ0n) is 7.73. The second-order valence-electron chi connectivity index (χ2n) is 2.93. The maximum Gasteiger partial charge on any atom is 2.00 e. The first-order chi connectivity index (χ1) is 5.70. The monoisotopic (exact) mass is 204 g/mol. The molecule has 1 aromatic carbocycles. The molecule has 1 aromatic rings. The average Bonchev–Trinajstić information content (AvgIpc) is 2.06. The molecule has 0 heterocycles. The van der Waals surface area contributed by atoms with E-state index in [-0.39, 0.29) is 43.7 Å². The van der Waals surface area contributed by atoms with Crippen LogP contribution in [0.15, 0.2) is 30.3 Å². The van der Waals surface area contributed by atoms with Gasteiger partial charge in [0.2, 0.25) is 0 Å². The number of rotatable bonds is 3. The largest absolute Gasteiger partial charge is 2.00 e. The Labute approximate surface area is 108 Å². The Bertz CT molecular complexity index is 259. The molecule has 0 aliphatic carbocycles. The van der Waals surface area contributed by atoms with Crippen molar-refractivity contribution in [3.63, 3.8) is 0 Å². The van der Waals surface area contributed by atoms with Crippen molar-refractivity contribution in [1.82, 2.24) is 0 Å². The van der Waals surface area contributed by atoms with Crippen molar-refractivity contribution in [3.8, 4) is 0 Å². The summed E-state index contributed by atoms with van der Waals surface area (Å²) in [4.78, 5) is 10.5. The Morgan fingerprint density at radius 2 is 1.92 bits per heavy atom. The maximum absolute atomic E-state index is 10.5. The normalized spacial score (nSPS) is 11.5. The number of hydrogen-bond acceptors (Lipinski definition) is 1. The molecule has 0 spiro atoms. The van der Waals surface area contributed by atoms with E-state index in [0.29, 0.717) is 6.42 Å². The topological polar surface area (TPSA) is 37.3 Å². The maximum atomic E-state index is 10.5. The summed E-state index contributed by atoms with van der Waals surface area (Å²) in [5.41, 5.74) is 1.08. The van der Waals surface area contributed by atoms with Crippen LogP contribution in [0.1, 0.15) is 12.5 Å². The van der Waals surface area contributed by atoms with Gasteiger partial charge in [0.1, 0.15) is 0 Å². The fraction of sp³-hybridized carbons (Fsp3) is 0.300. The van der Waals surface area contributed by atoms with Crippen LogP contribution in [0.4, 0.5) is 0 Å². The van der Waals surface area contributed by atoms with Crippen molar-refractivity contribution >= 4 is 43.7 Å². The van der Waals surface area contributed by atoms with Crippen LogP contribution in [-0.4, -0.2) is 48.8 Å². The number of hydrogen-bond donors (Lipinski definition) is 1. The quantitative estimate of drug-likeness (QED) is 0.759. The minimum absolute atomic E-state index is 0. The first-order valence-electron chi connectivity index (χ1n) is 3.97. The second kappa shape index (κ2) is 6.41. The zero-order valence-corrected chi connectivity index (χ0v) is 9.94. The van der Waals surface area contributed by atoms with Gasteiger partial charge in [0.15, 0.2) is 0 Å². The van der Waals surface area contributed by atoms with Crippen LogP contribution in [0.2, 0.25) is 0 Å². The molecule has 1 rings (SSSR count). The fourth-order valence-electron chi connectivity index (χ4n) is 1.05. The van der Waals surface area contributed by atoms with Gasteiger partial charge in [-0.05, 0) is 12.0 Å². The minimum atomic E-state index is -0.737. The molecule has 13 heavy (non-hydrogen) atoms. The molecule has 0 fully saturated rings. The molecule has 0 saturated heterocycles. The van der Waals surface area contributed by atoms with Gasteiger partial charge in [-0.15, -0.1) is 0 Å². The van der Waals surface area contributed by atoms with Crippen molar-refractivity contribution in [2.45, 2.75) is 13.3 Å². The number of aliphatic carboxylic acids is 1. The van der Waals surface area contributed by atoms with Crippen molar-refractivity contribution < 1.29 is 9.90 Å². The van der Waals surface area contributed by atoms with Gasteiger partial charge >= 0.3 is 43.7 Å². The number of carboxylic acids is 1. The van der Waals surface area contributed by atoms with E-state index in [1.54, 1.807) is 6.92 Å². The molecule has 0 aliphatic heterocycles. The number of carboxylic acid groups (broad SMARTS) is 1. The van der Waals surface area contributed by atoms with Gasteiger partial charge in [0.25, 0.3) is 0 Å². The molecule has 1 unspecified atom stereocenters. The molecule has 64 valence electrons. The first-order valence-corrected chi connectivity index (χ1v) is 3.97. The summed E-state index contributed by atoms with van der Waals surface area (Å²) in [5, 5.41) is 8.64. The molecule has 2 nitrogen and oxygen atoms in total. The molecule has 0 amide bonds. The van der Waals surface area contributed by atoms with Gasteiger partial charge in [0.05, 0.1) is 5.92 Å². The predicted molar refractivity (Wildman–Crippen MR) is 52.7 cm³/mol. The third kappa shape index (κ3) is 4.65. The zero-order chi connectivity index (χ0) is 8.97. The van der Waals surface area contributed by atoms with Crippen LogP contribution in [0.25, 0.3) is 0 Å². The van der Waals surface area contributed by atoms with E-state index >= 15 is 0 Å². The summed E-state index contributed by atoms with van der Waals surface area (Å²) in [5.74, 6) is -1.04. The molecule has 1 atom stereocenters. The van der Waals surface area contributed by atoms with Crippen LogP contribution < -0.4 is 0 Å². The third-order valence-electron chi connectivity index (χ3n) is 1.81. The van der Waals surface area contributed by atoms with E-state index in [2.05, 4.69) is 0 Å². The van der Waals surface area contributed by atoms with Gasteiger partial charge in [-0.3, -0.25) is 4.79 Å². The molecule has 3 heteroatoms. The van der Waals surface area contributed by atoms with Crippen LogP contribution in [0, 0.1) is 5.92 Å². The van der Waals surface area contributed by atoms with Crippen LogP contribution >= 0.6 is 0 Å². The Kier molecular flexibility index (Phi) is 6.39. The standard InChI is InChI=1S/C10H12O2.Ca/c1-8(10(11)12)7-9-5-3-2-4-6-9;/h2-6,8H,7H2,1H3,(H,11,12);/q;+2. The van der Waals surface area contributed by atoms with Crippen LogP contribution in [0.3, 0.4) is 0 Å². The first kappa shape index (κ1) is 12.9. The van der Waals surface area contributed by atoms with Gasteiger partial charge in [-0.25, -0.2) is 0 Å². The minimum Gasteiger partial charge on any atom is -0.481 e. The summed E-state index contributed by atoms with van der Waals surface area (Å²) >= 11 is 0. The summed E-state index contributed by atoms with van der Waals surface area (Å²) in [7, 11) is 0. The van der Waals surface area contributed by atoms with E-state index in [4.69, 9.17) is 5.11 Å². The third-order valence-corrected chi connectivity index (χ3v) is 1.81. The fourth-order valence-corrected chi connectivity index (χ4v) is 1.05. The molecule has 0 aromatic heterocycles. The van der Waals surface area contributed by atoms with E-state index < -0.39 is 5.97 Å². The Morgan fingerprint density at radius 3 is 2.38 bits per heavy atom. The Balaban J connectivity index is 0.00000144. The molecular formula is C10H12CaO2+2. The average molecular weight is 204 g/mol. The molecular weight excluding hydrogens is 192 g/mol. The van der Waals surface area contributed by atoms with Crippen molar-refractivity contribution in [1.29, 1.82) is 0 Å². The van der Waals surface area contributed by atoms with E-state index in [0.717, 1.165) is 5.56 Å². The molecule has 0 radical (unpaired) electrons. The van der Waals surface area contributed by atoms with Crippen LogP contribution in [-0.2, 0) is 11.2 Å². The molecule has 0 bridgehead atoms. The van der Waals surface area contributed by atoms with Crippen molar-refractivity contribution in [2.24, 2.45) is 5.92 Å². The van der Waals surface area contributed by atoms with Gasteiger partial charge in [-0.2, -0.15) is 0 Å². The predicted octanol–water partition coefficient (Wildman–Crippen LogP) is 1.57. The summed E-state index contributed by atoms with van der Waals surface area (Å²) in [6, 6.07) is 9.65. The Morgan fingerprint density at radius 1 is 1.38 bits per heavy atom. The summed E-state index contributed by atoms with van der Waals surface area (Å²) in [6.07, 6.45) is 0.607. The van der Waals surface area contributed by atoms with Gasteiger partial charge in [0, 0.05) is 0 Å². The number of carbonyl (C=O) groups is 1. The Hall–Kier alpha value is -0.0503. The van der Waals surface area contributed by atoms with Gasteiger partial charge < -0.3 is 5.11 Å². The van der Waals surface area contributed by atoms with Crippen molar-refractivity contribution in [2.75, 3.05) is 0 Å². The van der Waals surface area contributed by atoms with Gasteiger partial charge in [-0.1, -0.05) is 37.3 Å². The molecule has 0 saturated carbocycles. The van der Waals surface area contributed by atoms with Crippen molar-refractivity contribution in [3.05, 3.63) is 35.9 Å². The SMILES string of the molecule is CC(Cc1ccccc1)C(=O)O.[Ca+2]. The van der Waals surface area contributed by atoms with Crippen LogP contribution in [0.5, 0.6) is 0 Å². The van der Waals surface area contributed by atoms with E-state index in [9.17, 15) is 4.79 Å². The molecule has 1 N–H and O–H groups in total. The smallest absolute Gasteiger partial charge is 0.481 e. The number of benzene rings is 1. The second-order valence-corrected chi connectivity index (χ2v) is 2.93. The summed E-state index contributed by atoms with van der Waals surface area (Å²) < 4.78 is 0. The molecule has 0 aliphatic rings. The van der Waals surface area contributed by atoms with E-state index in [1.165, 1.54) is 0 Å². The van der Waals surface area contributed by atoms with E-state index in [1.807, 2.05) is 30.3 Å².